The van der Waals surface area contributed by atoms with Gasteiger partial charge in [-0.05, 0) is 48.2 Å². The molecule has 1 fully saturated rings. The number of nitrogens with zero attached hydrogens (tertiary/aromatic N) is 2. The second-order valence-electron chi connectivity index (χ2n) is 6.06. The van der Waals surface area contributed by atoms with Gasteiger partial charge in [-0.3, -0.25) is 14.9 Å². The van der Waals surface area contributed by atoms with Crippen molar-refractivity contribution in [1.29, 1.82) is 0 Å². The lowest BCUT2D eigenvalue weighted by Gasteiger charge is -2.00. The second-order valence-corrected chi connectivity index (χ2v) is 7.88. The van der Waals surface area contributed by atoms with Gasteiger partial charge in [0.15, 0.2) is 5.17 Å². The number of rotatable bonds is 4. The number of nitrogens with one attached hydrogen (secondary N) is 1. The molecular weight excluding hydrogens is 449 g/mol. The highest BCUT2D eigenvalue weighted by molar-refractivity contribution is 8.18. The summed E-state index contributed by atoms with van der Waals surface area (Å²) in [7, 11) is 0. The Morgan fingerprint density at radius 1 is 1.10 bits per heavy atom. The molecule has 0 bridgehead atoms. The monoisotopic (exact) mass is 459 g/mol. The summed E-state index contributed by atoms with van der Waals surface area (Å²) in [4.78, 5) is 27.3. The third-order valence-corrected chi connectivity index (χ3v) is 5.79. The van der Waals surface area contributed by atoms with E-state index >= 15 is 0 Å². The first kappa shape index (κ1) is 20.2. The van der Waals surface area contributed by atoms with E-state index in [2.05, 4.69) is 10.3 Å². The highest BCUT2D eigenvalue weighted by atomic mass is 35.5. The van der Waals surface area contributed by atoms with Crippen molar-refractivity contribution in [2.75, 3.05) is 0 Å². The van der Waals surface area contributed by atoms with E-state index in [0.29, 0.717) is 42.9 Å². The van der Waals surface area contributed by atoms with Crippen LogP contribution in [0.25, 0.3) is 17.4 Å². The summed E-state index contributed by atoms with van der Waals surface area (Å²) >= 11 is 13.3. The van der Waals surface area contributed by atoms with Gasteiger partial charge in [0, 0.05) is 23.8 Å². The summed E-state index contributed by atoms with van der Waals surface area (Å²) in [5.41, 5.74) is 1.14. The molecule has 0 radical (unpaired) electrons. The van der Waals surface area contributed by atoms with Crippen molar-refractivity contribution in [2.45, 2.75) is 0 Å². The van der Waals surface area contributed by atoms with Crippen molar-refractivity contribution >= 4 is 63.5 Å². The van der Waals surface area contributed by atoms with Gasteiger partial charge >= 0.3 is 0 Å². The fraction of sp³-hybridized carbons (Fsp3) is 0. The molecule has 1 N–H and O–H groups in total. The Hall–Kier alpha value is -3.07. The lowest BCUT2D eigenvalue weighted by Crippen LogP contribution is -2.19. The molecule has 30 heavy (non-hydrogen) atoms. The van der Waals surface area contributed by atoms with Gasteiger partial charge in [-0.25, -0.2) is 4.99 Å². The number of hydrogen-bond donors (Lipinski definition) is 1. The van der Waals surface area contributed by atoms with Crippen LogP contribution in [0.2, 0.25) is 10.0 Å². The molecule has 3 aromatic rings. The van der Waals surface area contributed by atoms with Crippen LogP contribution in [0.15, 0.2) is 68.9 Å². The van der Waals surface area contributed by atoms with Crippen LogP contribution in [0.1, 0.15) is 5.76 Å². The van der Waals surface area contributed by atoms with Gasteiger partial charge in [-0.2, -0.15) is 0 Å². The Balaban J connectivity index is 1.54. The molecule has 1 amide bonds. The van der Waals surface area contributed by atoms with Crippen LogP contribution in [-0.2, 0) is 4.79 Å². The number of halogens is 2. The molecule has 10 heteroatoms. The maximum atomic E-state index is 12.3. The fourth-order valence-corrected chi connectivity index (χ4v) is 3.78. The van der Waals surface area contributed by atoms with Crippen LogP contribution in [0.5, 0.6) is 0 Å². The number of hydrogen-bond acceptors (Lipinski definition) is 6. The predicted octanol–water partition coefficient (Wildman–Crippen LogP) is 6.05. The van der Waals surface area contributed by atoms with Gasteiger partial charge in [-0.15, -0.1) is 0 Å². The van der Waals surface area contributed by atoms with Crippen LogP contribution >= 0.6 is 35.0 Å². The van der Waals surface area contributed by atoms with Crippen molar-refractivity contribution in [2.24, 2.45) is 4.99 Å². The van der Waals surface area contributed by atoms with Gasteiger partial charge in [0.25, 0.3) is 11.6 Å². The molecule has 150 valence electrons. The number of amides is 1. The Morgan fingerprint density at radius 2 is 1.87 bits per heavy atom. The zero-order valence-corrected chi connectivity index (χ0v) is 17.3. The Kier molecular flexibility index (Phi) is 5.63. The Labute approximate surface area is 184 Å². The van der Waals surface area contributed by atoms with Gasteiger partial charge in [0.2, 0.25) is 0 Å². The van der Waals surface area contributed by atoms with Gasteiger partial charge in [0.1, 0.15) is 11.5 Å². The summed E-state index contributed by atoms with van der Waals surface area (Å²) in [6, 6.07) is 14.5. The molecule has 2 aromatic carbocycles. The molecule has 7 nitrogen and oxygen atoms in total. The number of nitro benzene ring substituents is 1. The predicted molar refractivity (Wildman–Crippen MR) is 118 cm³/mol. The van der Waals surface area contributed by atoms with Crippen LogP contribution < -0.4 is 5.32 Å². The first-order valence-corrected chi connectivity index (χ1v) is 10.1. The number of carbonyl (C=O) groups is 1. The average molecular weight is 460 g/mol. The van der Waals surface area contributed by atoms with Crippen molar-refractivity contribution in [3.63, 3.8) is 0 Å². The number of aliphatic imine (C=N–C) groups is 1. The van der Waals surface area contributed by atoms with Gasteiger partial charge in [0.05, 0.1) is 25.6 Å². The molecule has 0 atom stereocenters. The lowest BCUT2D eigenvalue weighted by atomic mass is 10.1. The van der Waals surface area contributed by atoms with E-state index in [-0.39, 0.29) is 11.6 Å². The van der Waals surface area contributed by atoms with Crippen molar-refractivity contribution in [1.82, 2.24) is 5.32 Å². The first-order chi connectivity index (χ1) is 14.4. The van der Waals surface area contributed by atoms with Gasteiger partial charge in [-0.1, -0.05) is 29.3 Å². The van der Waals surface area contributed by atoms with E-state index in [1.807, 2.05) is 0 Å². The van der Waals surface area contributed by atoms with E-state index in [9.17, 15) is 14.9 Å². The summed E-state index contributed by atoms with van der Waals surface area (Å²) in [6.07, 6.45) is 1.59. The molecular formula is C20H11Cl2N3O4S. The summed E-state index contributed by atoms with van der Waals surface area (Å²) in [5, 5.41) is 14.5. The van der Waals surface area contributed by atoms with E-state index in [4.69, 9.17) is 27.6 Å². The molecule has 1 aliphatic rings. The number of amidine groups is 1. The van der Waals surface area contributed by atoms with Crippen molar-refractivity contribution in [3.05, 3.63) is 85.4 Å². The third-order valence-electron chi connectivity index (χ3n) is 4.07. The molecule has 1 saturated heterocycles. The highest BCUT2D eigenvalue weighted by Gasteiger charge is 2.24. The lowest BCUT2D eigenvalue weighted by molar-refractivity contribution is -0.384. The van der Waals surface area contributed by atoms with Crippen LogP contribution in [0.4, 0.5) is 11.4 Å². The minimum Gasteiger partial charge on any atom is -0.457 e. The molecule has 0 spiro atoms. The summed E-state index contributed by atoms with van der Waals surface area (Å²) in [5.74, 6) is 0.674. The summed E-state index contributed by atoms with van der Waals surface area (Å²) in [6.45, 7) is 0. The second kappa shape index (κ2) is 8.35. The number of non-ortho nitro benzene ring substituents is 1. The van der Waals surface area contributed by atoms with E-state index in [0.717, 1.165) is 11.8 Å². The number of furan rings is 1. The van der Waals surface area contributed by atoms with E-state index < -0.39 is 4.92 Å². The van der Waals surface area contributed by atoms with Crippen molar-refractivity contribution in [3.8, 4) is 11.3 Å². The number of nitro groups is 1. The Morgan fingerprint density at radius 3 is 2.60 bits per heavy atom. The van der Waals surface area contributed by atoms with E-state index in [1.54, 1.807) is 48.5 Å². The normalized spacial score (nSPS) is 16.3. The average Bonchev–Trinajstić information content (AvgIpc) is 3.32. The zero-order valence-electron chi connectivity index (χ0n) is 15.0. The van der Waals surface area contributed by atoms with Gasteiger partial charge < -0.3 is 9.73 Å². The minimum atomic E-state index is -0.465. The SMILES string of the molecule is O=C1NC(=Nc2cccc(Cl)c2Cl)SC1=Cc1ccc(-c2ccc([N+](=O)[O-])cc2)o1. The number of carbonyl (C=O) groups excluding carboxylic acids is 1. The molecule has 1 aromatic heterocycles. The van der Waals surface area contributed by atoms with Crippen LogP contribution in [0, 0.1) is 10.1 Å². The molecule has 0 aliphatic carbocycles. The molecule has 1 aliphatic heterocycles. The summed E-state index contributed by atoms with van der Waals surface area (Å²) < 4.78 is 5.75. The smallest absolute Gasteiger partial charge is 0.269 e. The third kappa shape index (κ3) is 4.25. The number of thioether (sulfide) groups is 1. The number of benzene rings is 2. The maximum Gasteiger partial charge on any atom is 0.269 e. The first-order valence-electron chi connectivity index (χ1n) is 8.49. The van der Waals surface area contributed by atoms with Crippen LogP contribution in [0.3, 0.4) is 0 Å². The molecule has 0 unspecified atom stereocenters. The minimum absolute atomic E-state index is 0.00158. The highest BCUT2D eigenvalue weighted by Crippen LogP contribution is 2.35. The van der Waals surface area contributed by atoms with Crippen molar-refractivity contribution < 1.29 is 14.1 Å². The van der Waals surface area contributed by atoms with Crippen LogP contribution in [-0.4, -0.2) is 16.0 Å². The Bertz CT molecular complexity index is 1220. The fourth-order valence-electron chi connectivity index (χ4n) is 2.63. The zero-order chi connectivity index (χ0) is 21.3. The topological polar surface area (TPSA) is 97.7 Å². The molecule has 4 rings (SSSR count). The van der Waals surface area contributed by atoms with E-state index in [1.165, 1.54) is 12.1 Å². The molecule has 2 heterocycles. The standard InChI is InChI=1S/C20H11Cl2N3O4S/c21-14-2-1-3-15(18(14)22)23-20-24-19(26)17(30-20)10-13-8-9-16(29-13)11-4-6-12(7-5-11)25(27)28/h1-10H,(H,23,24,26). The molecule has 0 saturated carbocycles. The maximum absolute atomic E-state index is 12.3. The quantitative estimate of drug-likeness (QED) is 0.290. The largest absolute Gasteiger partial charge is 0.457 e.